The number of nitrogens with one attached hydrogen (secondary N) is 2. The topological polar surface area (TPSA) is 59.0 Å². The minimum absolute atomic E-state index is 0. The minimum Gasteiger partial charge on any atom is -0.348 e. The van der Waals surface area contributed by atoms with Crippen LogP contribution in [0.4, 0.5) is 0 Å². The van der Waals surface area contributed by atoms with Gasteiger partial charge >= 0.3 is 0 Å². The molecule has 0 aromatic carbocycles. The molecule has 2 aromatic heterocycles. The number of aromatic nitrogens is 2. The van der Waals surface area contributed by atoms with Crippen LogP contribution in [0.1, 0.15) is 29.3 Å². The molecule has 1 amide bonds. The van der Waals surface area contributed by atoms with Crippen LogP contribution < -0.4 is 10.6 Å². The number of hydrogen-bond acceptors (Lipinski definition) is 4. The van der Waals surface area contributed by atoms with E-state index in [0.717, 1.165) is 18.7 Å². The molecule has 22 heavy (non-hydrogen) atoms. The Hall–Kier alpha value is -1.37. The first-order valence-electron chi connectivity index (χ1n) is 7.18. The van der Waals surface area contributed by atoms with Crippen LogP contribution in [0.5, 0.6) is 0 Å². The summed E-state index contributed by atoms with van der Waals surface area (Å²) in [5.41, 5.74) is 1.13. The molecule has 1 fully saturated rings. The molecule has 5 nitrogen and oxygen atoms in total. The van der Waals surface area contributed by atoms with Gasteiger partial charge in [-0.3, -0.25) is 9.48 Å². The van der Waals surface area contributed by atoms with Crippen molar-refractivity contribution in [3.63, 3.8) is 0 Å². The van der Waals surface area contributed by atoms with Crippen LogP contribution in [0.25, 0.3) is 0 Å². The normalized spacial score (nSPS) is 22.1. The van der Waals surface area contributed by atoms with Gasteiger partial charge in [-0.05, 0) is 23.9 Å². The molecule has 120 valence electrons. The van der Waals surface area contributed by atoms with Crippen molar-refractivity contribution in [2.75, 3.05) is 13.1 Å². The van der Waals surface area contributed by atoms with Crippen molar-refractivity contribution in [1.29, 1.82) is 0 Å². The lowest BCUT2D eigenvalue weighted by molar-refractivity contribution is -0.125. The molecule has 1 unspecified atom stereocenters. The highest BCUT2D eigenvalue weighted by molar-refractivity contribution is 7.10. The highest BCUT2D eigenvalue weighted by atomic mass is 35.5. The molecule has 1 saturated heterocycles. The number of carbonyl (C=O) groups excluding carboxylic acids is 1. The fourth-order valence-corrected chi connectivity index (χ4v) is 3.60. The van der Waals surface area contributed by atoms with E-state index in [-0.39, 0.29) is 36.2 Å². The van der Waals surface area contributed by atoms with Gasteiger partial charge in [0.05, 0.1) is 18.2 Å². The zero-order valence-corrected chi connectivity index (χ0v) is 14.3. The predicted octanol–water partition coefficient (Wildman–Crippen LogP) is 2.08. The highest BCUT2D eigenvalue weighted by Gasteiger charge is 2.35. The van der Waals surface area contributed by atoms with Crippen LogP contribution in [-0.4, -0.2) is 28.8 Å². The van der Waals surface area contributed by atoms with E-state index >= 15 is 0 Å². The molecule has 3 atom stereocenters. The van der Waals surface area contributed by atoms with Crippen LogP contribution >= 0.6 is 23.7 Å². The van der Waals surface area contributed by atoms with Crippen molar-refractivity contribution in [1.82, 2.24) is 20.4 Å². The zero-order valence-electron chi connectivity index (χ0n) is 12.7. The minimum atomic E-state index is -0.0309. The van der Waals surface area contributed by atoms with E-state index in [0.29, 0.717) is 0 Å². The van der Waals surface area contributed by atoms with E-state index in [1.165, 1.54) is 4.88 Å². The summed E-state index contributed by atoms with van der Waals surface area (Å²) in [5.74, 6) is 0.292. The lowest BCUT2D eigenvalue weighted by Crippen LogP contribution is -2.35. The molecule has 0 spiro atoms. The van der Waals surface area contributed by atoms with Gasteiger partial charge in [0.2, 0.25) is 5.91 Å². The molecule has 0 saturated carbocycles. The van der Waals surface area contributed by atoms with Crippen LogP contribution in [0, 0.1) is 5.92 Å². The lowest BCUT2D eigenvalue weighted by Gasteiger charge is -2.20. The van der Waals surface area contributed by atoms with Gasteiger partial charge in [0.1, 0.15) is 0 Å². The van der Waals surface area contributed by atoms with Crippen LogP contribution in [0.2, 0.25) is 0 Å². The highest BCUT2D eigenvalue weighted by Crippen LogP contribution is 2.29. The third-order valence-corrected chi connectivity index (χ3v) is 5.09. The summed E-state index contributed by atoms with van der Waals surface area (Å²) in [6.45, 7) is 3.59. The second-order valence-corrected chi connectivity index (χ2v) is 6.54. The molecule has 0 radical (unpaired) electrons. The van der Waals surface area contributed by atoms with Gasteiger partial charge in [-0.1, -0.05) is 6.07 Å². The third kappa shape index (κ3) is 3.51. The second-order valence-electron chi connectivity index (χ2n) is 5.56. The van der Waals surface area contributed by atoms with Gasteiger partial charge < -0.3 is 10.6 Å². The summed E-state index contributed by atoms with van der Waals surface area (Å²) in [5, 5.41) is 12.7. The Morgan fingerprint density at radius 2 is 2.36 bits per heavy atom. The van der Waals surface area contributed by atoms with Crippen molar-refractivity contribution in [3.05, 3.63) is 40.3 Å². The molecular formula is C15H21ClN4OS. The van der Waals surface area contributed by atoms with Gasteiger partial charge in [-0.25, -0.2) is 0 Å². The molecule has 3 heterocycles. The summed E-state index contributed by atoms with van der Waals surface area (Å²) >= 11 is 1.67. The summed E-state index contributed by atoms with van der Waals surface area (Å²) < 4.78 is 1.79. The number of halogens is 1. The van der Waals surface area contributed by atoms with E-state index < -0.39 is 0 Å². The Morgan fingerprint density at radius 1 is 1.55 bits per heavy atom. The Bertz CT molecular complexity index is 613. The van der Waals surface area contributed by atoms with Crippen molar-refractivity contribution < 1.29 is 4.79 Å². The molecule has 2 aromatic rings. The van der Waals surface area contributed by atoms with E-state index in [1.807, 2.05) is 37.8 Å². The van der Waals surface area contributed by atoms with Crippen molar-refractivity contribution >= 4 is 29.7 Å². The van der Waals surface area contributed by atoms with E-state index in [2.05, 4.69) is 21.8 Å². The summed E-state index contributed by atoms with van der Waals surface area (Å²) in [6.07, 6.45) is 3.86. The number of amides is 1. The number of rotatable bonds is 4. The molecule has 2 N–H and O–H groups in total. The average molecular weight is 341 g/mol. The molecule has 7 heteroatoms. The Kier molecular flexibility index (Phi) is 5.61. The van der Waals surface area contributed by atoms with E-state index in [4.69, 9.17) is 0 Å². The third-order valence-electron chi connectivity index (χ3n) is 4.03. The maximum Gasteiger partial charge on any atom is 0.225 e. The molecular weight excluding hydrogens is 320 g/mol. The molecule has 3 rings (SSSR count). The quantitative estimate of drug-likeness (QED) is 0.896. The number of carbonyl (C=O) groups is 1. The fourth-order valence-electron chi connectivity index (χ4n) is 2.87. The largest absolute Gasteiger partial charge is 0.348 e. The second kappa shape index (κ2) is 7.26. The molecule has 0 aliphatic carbocycles. The Balaban J connectivity index is 0.00000176. The van der Waals surface area contributed by atoms with Crippen LogP contribution in [0.3, 0.4) is 0 Å². The lowest BCUT2D eigenvalue weighted by atomic mass is 9.90. The monoisotopic (exact) mass is 340 g/mol. The summed E-state index contributed by atoms with van der Waals surface area (Å²) in [6, 6.07) is 4.13. The van der Waals surface area contributed by atoms with Crippen molar-refractivity contribution in [3.8, 4) is 0 Å². The van der Waals surface area contributed by atoms with Crippen LogP contribution in [0.15, 0.2) is 29.9 Å². The number of nitrogens with zero attached hydrogens (tertiary/aromatic N) is 2. The first-order chi connectivity index (χ1) is 10.1. The summed E-state index contributed by atoms with van der Waals surface area (Å²) in [7, 11) is 1.90. The SMILES string of the molecule is CC(NC(=O)[C@H]1CNC[C@@H]1c1cnn(C)c1)c1cccs1.Cl. The maximum absolute atomic E-state index is 12.6. The average Bonchev–Trinajstić information content (AvgIpc) is 3.19. The first kappa shape index (κ1) is 17.0. The van der Waals surface area contributed by atoms with Gasteiger partial charge in [0, 0.05) is 37.1 Å². The van der Waals surface area contributed by atoms with E-state index in [9.17, 15) is 4.79 Å². The van der Waals surface area contributed by atoms with Gasteiger partial charge in [-0.2, -0.15) is 5.10 Å². The summed E-state index contributed by atoms with van der Waals surface area (Å²) in [4.78, 5) is 13.8. The molecule has 1 aliphatic rings. The zero-order chi connectivity index (χ0) is 14.8. The van der Waals surface area contributed by atoms with Crippen molar-refractivity contribution in [2.45, 2.75) is 18.9 Å². The predicted molar refractivity (Wildman–Crippen MR) is 90.4 cm³/mol. The molecule has 0 bridgehead atoms. The van der Waals surface area contributed by atoms with Gasteiger partial charge in [0.15, 0.2) is 0 Å². The van der Waals surface area contributed by atoms with Gasteiger partial charge in [0.25, 0.3) is 0 Å². The standard InChI is InChI=1S/C15H20N4OS.ClH/c1-10(14-4-3-5-21-14)18-15(20)13-8-16-7-12(13)11-6-17-19(2)9-11;/h3-6,9-10,12-13,16H,7-8H2,1-2H3,(H,18,20);1H/t10?,12-,13+;/m1./s1. The maximum atomic E-state index is 12.6. The Labute approximate surface area is 140 Å². The van der Waals surface area contributed by atoms with Crippen LogP contribution in [-0.2, 0) is 11.8 Å². The van der Waals surface area contributed by atoms with Gasteiger partial charge in [-0.15, -0.1) is 23.7 Å². The first-order valence-corrected chi connectivity index (χ1v) is 8.06. The van der Waals surface area contributed by atoms with Crippen molar-refractivity contribution in [2.24, 2.45) is 13.0 Å². The smallest absolute Gasteiger partial charge is 0.225 e. The molecule has 1 aliphatic heterocycles. The number of aryl methyl sites for hydroxylation is 1. The Morgan fingerprint density at radius 3 is 3.00 bits per heavy atom. The fraction of sp³-hybridized carbons (Fsp3) is 0.467. The number of hydrogen-bond donors (Lipinski definition) is 2. The number of thiophene rings is 1. The van der Waals surface area contributed by atoms with E-state index in [1.54, 1.807) is 16.0 Å².